The van der Waals surface area contributed by atoms with Crippen molar-refractivity contribution in [3.8, 4) is 0 Å². The lowest BCUT2D eigenvalue weighted by Crippen LogP contribution is -2.37. The smallest absolute Gasteiger partial charge is 0.252 e. The first-order valence-electron chi connectivity index (χ1n) is 8.51. The molecule has 3 aromatic rings. The average Bonchev–Trinajstić information content (AvgIpc) is 3.24. The number of hydrogen-bond acceptors (Lipinski definition) is 4. The summed E-state index contributed by atoms with van der Waals surface area (Å²) in [7, 11) is 0. The van der Waals surface area contributed by atoms with Gasteiger partial charge in [-0.2, -0.15) is 0 Å². The first-order chi connectivity index (χ1) is 13.5. The minimum atomic E-state index is -0.556. The maximum absolute atomic E-state index is 13.1. The summed E-state index contributed by atoms with van der Waals surface area (Å²) < 4.78 is 18.2. The number of carbonyl (C=O) groups excluding carboxylic acids is 3. The Balaban J connectivity index is 1.64. The van der Waals surface area contributed by atoms with E-state index in [2.05, 4.69) is 10.6 Å². The zero-order chi connectivity index (χ0) is 19.9. The minimum absolute atomic E-state index is 0.135. The number of benzene rings is 2. The molecule has 0 aliphatic carbocycles. The van der Waals surface area contributed by atoms with Crippen LogP contribution in [0.3, 0.4) is 0 Å². The first kappa shape index (κ1) is 19.0. The molecular weight excluding hydrogens is 363 g/mol. The molecule has 3 rings (SSSR count). The van der Waals surface area contributed by atoms with Gasteiger partial charge in [-0.05, 0) is 42.5 Å². The van der Waals surface area contributed by atoms with Crippen molar-refractivity contribution in [1.82, 2.24) is 10.6 Å². The van der Waals surface area contributed by atoms with E-state index < -0.39 is 23.4 Å². The standard InChI is InChI=1S/C21H17FN2O4/c22-15-9-7-14(8-10-15)20(26)17-5-1-2-6-18(17)21(27)24-13-19(25)23-12-16-4-3-11-28-16/h1-11H,12-13H2,(H,23,25)(H,24,27). The molecule has 1 aromatic heterocycles. The predicted octanol–water partition coefficient (Wildman–Crippen LogP) is 2.70. The van der Waals surface area contributed by atoms with E-state index in [1.807, 2.05) is 0 Å². The summed E-state index contributed by atoms with van der Waals surface area (Å²) in [4.78, 5) is 37.0. The van der Waals surface area contributed by atoms with Crippen LogP contribution in [0.15, 0.2) is 71.3 Å². The van der Waals surface area contributed by atoms with E-state index in [4.69, 9.17) is 4.42 Å². The van der Waals surface area contributed by atoms with Crippen molar-refractivity contribution < 1.29 is 23.2 Å². The zero-order valence-corrected chi connectivity index (χ0v) is 14.8. The Morgan fingerprint density at radius 1 is 0.857 bits per heavy atom. The van der Waals surface area contributed by atoms with Crippen LogP contribution >= 0.6 is 0 Å². The summed E-state index contributed by atoms with van der Waals surface area (Å²) in [5, 5.41) is 5.10. The van der Waals surface area contributed by atoms with Gasteiger partial charge in [-0.15, -0.1) is 0 Å². The molecule has 0 radical (unpaired) electrons. The third-order valence-electron chi connectivity index (χ3n) is 3.97. The van der Waals surface area contributed by atoms with Gasteiger partial charge in [-0.1, -0.05) is 18.2 Å². The second kappa shape index (κ2) is 8.77. The van der Waals surface area contributed by atoms with Crippen LogP contribution in [0.4, 0.5) is 4.39 Å². The Hall–Kier alpha value is -3.74. The molecule has 6 nitrogen and oxygen atoms in total. The van der Waals surface area contributed by atoms with Gasteiger partial charge >= 0.3 is 0 Å². The lowest BCUT2D eigenvalue weighted by molar-refractivity contribution is -0.120. The fraction of sp³-hybridized carbons (Fsp3) is 0.0952. The summed E-state index contributed by atoms with van der Waals surface area (Å²) in [5.41, 5.74) is 0.566. The minimum Gasteiger partial charge on any atom is -0.467 e. The van der Waals surface area contributed by atoms with Gasteiger partial charge in [0.25, 0.3) is 5.91 Å². The zero-order valence-electron chi connectivity index (χ0n) is 14.8. The molecule has 1 heterocycles. The third-order valence-corrected chi connectivity index (χ3v) is 3.97. The molecule has 0 spiro atoms. The van der Waals surface area contributed by atoms with Crippen LogP contribution in [-0.2, 0) is 11.3 Å². The summed E-state index contributed by atoms with van der Waals surface area (Å²) in [5.74, 6) is -1.22. The number of hydrogen-bond donors (Lipinski definition) is 2. The van der Waals surface area contributed by atoms with Crippen LogP contribution in [0, 0.1) is 5.82 Å². The molecule has 2 aromatic carbocycles. The van der Waals surface area contributed by atoms with E-state index in [0.717, 1.165) is 0 Å². The normalized spacial score (nSPS) is 10.3. The second-order valence-corrected chi connectivity index (χ2v) is 5.92. The third kappa shape index (κ3) is 4.70. The molecule has 7 heteroatoms. The van der Waals surface area contributed by atoms with Crippen LogP contribution in [0.2, 0.25) is 0 Å². The lowest BCUT2D eigenvalue weighted by Gasteiger charge is -2.10. The van der Waals surface area contributed by atoms with Crippen LogP contribution in [0.1, 0.15) is 32.0 Å². The number of ketones is 1. The van der Waals surface area contributed by atoms with Gasteiger partial charge in [-0.25, -0.2) is 4.39 Å². The van der Waals surface area contributed by atoms with Gasteiger partial charge in [0, 0.05) is 11.1 Å². The highest BCUT2D eigenvalue weighted by atomic mass is 19.1. The molecule has 2 amide bonds. The number of rotatable bonds is 7. The van der Waals surface area contributed by atoms with E-state index in [0.29, 0.717) is 5.76 Å². The Labute approximate surface area is 160 Å². The number of carbonyl (C=O) groups is 3. The van der Waals surface area contributed by atoms with Crippen molar-refractivity contribution in [2.75, 3.05) is 6.54 Å². The molecular formula is C21H17FN2O4. The SMILES string of the molecule is O=C(CNC(=O)c1ccccc1C(=O)c1ccc(F)cc1)NCc1ccco1. The number of amides is 2. The molecule has 0 aliphatic rings. The fourth-order valence-electron chi connectivity index (χ4n) is 2.55. The second-order valence-electron chi connectivity index (χ2n) is 5.92. The molecule has 0 saturated heterocycles. The number of halogens is 1. The van der Waals surface area contributed by atoms with Gasteiger partial charge in [0.2, 0.25) is 5.91 Å². The van der Waals surface area contributed by atoms with Gasteiger partial charge < -0.3 is 15.1 Å². The molecule has 28 heavy (non-hydrogen) atoms. The Bertz CT molecular complexity index is 982. The lowest BCUT2D eigenvalue weighted by atomic mass is 9.98. The van der Waals surface area contributed by atoms with Gasteiger partial charge in [0.05, 0.1) is 24.9 Å². The Kier molecular flexibility index (Phi) is 5.96. The largest absolute Gasteiger partial charge is 0.467 e. The van der Waals surface area contributed by atoms with Crippen molar-refractivity contribution in [1.29, 1.82) is 0 Å². The van der Waals surface area contributed by atoms with E-state index >= 15 is 0 Å². The maximum atomic E-state index is 13.1. The van der Waals surface area contributed by atoms with E-state index in [-0.39, 0.29) is 29.8 Å². The molecule has 142 valence electrons. The average molecular weight is 380 g/mol. The van der Waals surface area contributed by atoms with E-state index in [1.165, 1.54) is 42.7 Å². The molecule has 0 aliphatic heterocycles. The molecule has 0 atom stereocenters. The highest BCUT2D eigenvalue weighted by Gasteiger charge is 2.18. The number of nitrogens with one attached hydrogen (secondary N) is 2. The maximum Gasteiger partial charge on any atom is 0.252 e. The van der Waals surface area contributed by atoms with Crippen molar-refractivity contribution in [3.63, 3.8) is 0 Å². The molecule has 0 unspecified atom stereocenters. The summed E-state index contributed by atoms with van der Waals surface area (Å²) in [6.07, 6.45) is 1.50. The van der Waals surface area contributed by atoms with Crippen molar-refractivity contribution in [2.24, 2.45) is 0 Å². The summed E-state index contributed by atoms with van der Waals surface area (Å²) >= 11 is 0. The van der Waals surface area contributed by atoms with Crippen LogP contribution in [0.25, 0.3) is 0 Å². The van der Waals surface area contributed by atoms with Crippen LogP contribution in [0.5, 0.6) is 0 Å². The predicted molar refractivity (Wildman–Crippen MR) is 99.2 cm³/mol. The van der Waals surface area contributed by atoms with E-state index in [1.54, 1.807) is 24.3 Å². The van der Waals surface area contributed by atoms with Crippen LogP contribution < -0.4 is 10.6 Å². The highest BCUT2D eigenvalue weighted by molar-refractivity contribution is 6.15. The Morgan fingerprint density at radius 2 is 1.57 bits per heavy atom. The quantitative estimate of drug-likeness (QED) is 0.617. The molecule has 2 N–H and O–H groups in total. The molecule has 0 fully saturated rings. The van der Waals surface area contributed by atoms with Crippen molar-refractivity contribution in [2.45, 2.75) is 6.54 Å². The van der Waals surface area contributed by atoms with Gasteiger partial charge in [-0.3, -0.25) is 14.4 Å². The molecule has 0 bridgehead atoms. The van der Waals surface area contributed by atoms with Gasteiger partial charge in [0.1, 0.15) is 11.6 Å². The fourth-order valence-corrected chi connectivity index (χ4v) is 2.55. The molecule has 0 saturated carbocycles. The monoisotopic (exact) mass is 380 g/mol. The number of furan rings is 1. The topological polar surface area (TPSA) is 88.4 Å². The summed E-state index contributed by atoms with van der Waals surface area (Å²) in [6, 6.07) is 14.7. The van der Waals surface area contributed by atoms with Crippen LogP contribution in [-0.4, -0.2) is 24.1 Å². The highest BCUT2D eigenvalue weighted by Crippen LogP contribution is 2.15. The van der Waals surface area contributed by atoms with Crippen molar-refractivity contribution >= 4 is 17.6 Å². The first-order valence-corrected chi connectivity index (χ1v) is 8.51. The van der Waals surface area contributed by atoms with Crippen molar-refractivity contribution in [3.05, 3.63) is 95.2 Å². The summed E-state index contributed by atoms with van der Waals surface area (Å²) in [6.45, 7) is -0.0417. The van der Waals surface area contributed by atoms with Gasteiger partial charge in [0.15, 0.2) is 5.78 Å². The van der Waals surface area contributed by atoms with E-state index in [9.17, 15) is 18.8 Å². The Morgan fingerprint density at radius 3 is 2.25 bits per heavy atom.